The third-order valence-corrected chi connectivity index (χ3v) is 3.32. The fourth-order valence-corrected chi connectivity index (χ4v) is 2.17. The summed E-state index contributed by atoms with van der Waals surface area (Å²) in [5.74, 6) is 0.414. The summed E-state index contributed by atoms with van der Waals surface area (Å²) in [4.78, 5) is 24.7. The summed E-state index contributed by atoms with van der Waals surface area (Å²) < 4.78 is 0. The van der Waals surface area contributed by atoms with E-state index in [1.807, 2.05) is 0 Å². The second-order valence-corrected chi connectivity index (χ2v) is 5.37. The summed E-state index contributed by atoms with van der Waals surface area (Å²) in [7, 11) is 0. The lowest BCUT2D eigenvalue weighted by atomic mass is 10.0. The lowest BCUT2D eigenvalue weighted by Gasteiger charge is -2.17. The number of aliphatic hydroxyl groups excluding tert-OH is 2. The normalized spacial score (nSPS) is 14.2. The topological polar surface area (TPSA) is 90.4 Å². The minimum atomic E-state index is -1.23. The van der Waals surface area contributed by atoms with E-state index in [1.165, 1.54) is 13.1 Å². The van der Waals surface area contributed by atoms with Gasteiger partial charge in [-0.25, -0.2) is 0 Å². The van der Waals surface area contributed by atoms with Crippen LogP contribution in [0.5, 0.6) is 0 Å². The molecule has 1 rings (SSSR count). The van der Waals surface area contributed by atoms with Crippen molar-refractivity contribution in [2.24, 2.45) is 0 Å². The molecule has 0 amide bonds. The van der Waals surface area contributed by atoms with Crippen LogP contribution in [0.15, 0.2) is 17.1 Å². The van der Waals surface area contributed by atoms with Gasteiger partial charge in [0.1, 0.15) is 6.10 Å². The molecule has 18 heavy (non-hydrogen) atoms. The molecule has 0 saturated carbocycles. The number of nitrogens with one attached hydrogen (secondary N) is 1. The highest BCUT2D eigenvalue weighted by Gasteiger charge is 2.21. The van der Waals surface area contributed by atoms with Gasteiger partial charge >= 0.3 is 0 Å². The van der Waals surface area contributed by atoms with Gasteiger partial charge in [-0.05, 0) is 25.0 Å². The molecule has 1 heterocycles. The van der Waals surface area contributed by atoms with E-state index in [2.05, 4.69) is 4.98 Å². The van der Waals surface area contributed by atoms with Crippen molar-refractivity contribution in [2.45, 2.75) is 32.5 Å². The van der Waals surface area contributed by atoms with E-state index < -0.39 is 17.8 Å². The maximum Gasteiger partial charge on any atom is 0.253 e. The van der Waals surface area contributed by atoms with Crippen LogP contribution in [-0.4, -0.2) is 32.2 Å². The number of aromatic nitrogens is 1. The number of hydrogen-bond donors (Lipinski definition) is 3. The van der Waals surface area contributed by atoms with Gasteiger partial charge in [-0.1, -0.05) is 11.8 Å². The smallest absolute Gasteiger partial charge is 0.253 e. The van der Waals surface area contributed by atoms with Gasteiger partial charge in [0.25, 0.3) is 5.56 Å². The van der Waals surface area contributed by atoms with Crippen LogP contribution in [0.3, 0.4) is 0 Å². The van der Waals surface area contributed by atoms with Gasteiger partial charge in [0, 0.05) is 24.4 Å². The second kappa shape index (κ2) is 6.72. The van der Waals surface area contributed by atoms with Crippen molar-refractivity contribution in [3.05, 3.63) is 33.7 Å². The van der Waals surface area contributed by atoms with Crippen molar-refractivity contribution in [1.82, 2.24) is 4.98 Å². The summed E-state index contributed by atoms with van der Waals surface area (Å²) in [6.45, 7) is 3.23. The van der Waals surface area contributed by atoms with Crippen LogP contribution in [-0.2, 0) is 4.79 Å². The number of rotatable bonds is 5. The first-order valence-electron chi connectivity index (χ1n) is 5.60. The lowest BCUT2D eigenvalue weighted by Crippen LogP contribution is -2.25. The van der Waals surface area contributed by atoms with Gasteiger partial charge < -0.3 is 15.2 Å². The van der Waals surface area contributed by atoms with Crippen LogP contribution in [0.2, 0.25) is 0 Å². The molecule has 0 aliphatic carbocycles. The molecular weight excluding hydrogens is 254 g/mol. The summed E-state index contributed by atoms with van der Waals surface area (Å²) in [6.07, 6.45) is -0.504. The Balaban J connectivity index is 2.68. The van der Waals surface area contributed by atoms with E-state index >= 15 is 0 Å². The quantitative estimate of drug-likeness (QED) is 0.735. The third-order valence-electron chi connectivity index (χ3n) is 2.48. The van der Waals surface area contributed by atoms with Gasteiger partial charge in [-0.3, -0.25) is 9.59 Å². The molecule has 5 nitrogen and oxygen atoms in total. The molecule has 2 atom stereocenters. The number of carbonyl (C=O) groups is 1. The molecule has 0 aliphatic rings. The number of aliphatic hydroxyl groups is 2. The molecule has 2 unspecified atom stereocenters. The minimum Gasteiger partial charge on any atom is -0.390 e. The van der Waals surface area contributed by atoms with E-state index in [0.29, 0.717) is 5.75 Å². The Morgan fingerprint density at radius 3 is 2.78 bits per heavy atom. The number of hydrogen-bond acceptors (Lipinski definition) is 5. The highest BCUT2D eigenvalue weighted by atomic mass is 32.2. The highest BCUT2D eigenvalue weighted by molar-refractivity contribution is 8.13. The minimum absolute atomic E-state index is 0.0370. The van der Waals surface area contributed by atoms with Crippen molar-refractivity contribution in [3.63, 3.8) is 0 Å². The van der Waals surface area contributed by atoms with Crippen LogP contribution in [0.25, 0.3) is 0 Å². The molecule has 0 saturated heterocycles. The summed E-state index contributed by atoms with van der Waals surface area (Å²) in [6, 6.07) is 1.55. The molecule has 6 heteroatoms. The number of H-pyrrole nitrogens is 1. The number of pyridine rings is 1. The third kappa shape index (κ3) is 4.29. The molecule has 0 fully saturated rings. The van der Waals surface area contributed by atoms with Crippen LogP contribution in [0, 0.1) is 6.92 Å². The lowest BCUT2D eigenvalue weighted by molar-refractivity contribution is -0.109. The Kier molecular flexibility index (Phi) is 5.58. The SMILES string of the molecule is CC(=O)SCCC(O)C(O)c1cc(C)c[nH]c1=O. The van der Waals surface area contributed by atoms with Gasteiger partial charge in [-0.2, -0.15) is 0 Å². The maximum absolute atomic E-state index is 11.5. The van der Waals surface area contributed by atoms with E-state index in [0.717, 1.165) is 17.3 Å². The van der Waals surface area contributed by atoms with E-state index in [9.17, 15) is 19.8 Å². The number of thioether (sulfide) groups is 1. The molecule has 0 aromatic carbocycles. The second-order valence-electron chi connectivity index (χ2n) is 4.10. The molecular formula is C12H17NO4S. The molecule has 1 aromatic rings. The Labute approximate surface area is 109 Å². The van der Waals surface area contributed by atoms with Crippen molar-refractivity contribution in [1.29, 1.82) is 0 Å². The molecule has 0 aliphatic heterocycles. The highest BCUT2D eigenvalue weighted by Crippen LogP contribution is 2.18. The van der Waals surface area contributed by atoms with Crippen LogP contribution >= 0.6 is 11.8 Å². The van der Waals surface area contributed by atoms with E-state index in [4.69, 9.17) is 0 Å². The zero-order valence-corrected chi connectivity index (χ0v) is 11.2. The van der Waals surface area contributed by atoms with E-state index in [1.54, 1.807) is 13.0 Å². The van der Waals surface area contributed by atoms with Gasteiger partial charge in [0.15, 0.2) is 5.12 Å². The van der Waals surface area contributed by atoms with Crippen LogP contribution < -0.4 is 5.56 Å². The first-order valence-corrected chi connectivity index (χ1v) is 6.59. The maximum atomic E-state index is 11.5. The average Bonchev–Trinajstić information content (AvgIpc) is 2.30. The van der Waals surface area contributed by atoms with Gasteiger partial charge in [0.05, 0.1) is 6.10 Å². The Morgan fingerprint density at radius 1 is 1.50 bits per heavy atom. The monoisotopic (exact) mass is 271 g/mol. The van der Waals surface area contributed by atoms with Crippen molar-refractivity contribution in [3.8, 4) is 0 Å². The largest absolute Gasteiger partial charge is 0.390 e. The standard InChI is InChI=1S/C12H17NO4S/c1-7-5-9(12(17)13-6-7)11(16)10(15)3-4-18-8(2)14/h5-6,10-11,15-16H,3-4H2,1-2H3,(H,13,17). The Hall–Kier alpha value is -1.11. The fourth-order valence-electron chi connectivity index (χ4n) is 1.52. The number of aryl methyl sites for hydroxylation is 1. The van der Waals surface area contributed by atoms with E-state index in [-0.39, 0.29) is 17.1 Å². The Bertz CT molecular complexity index is 471. The predicted octanol–water partition coefficient (Wildman–Crippen LogP) is 0.747. The zero-order valence-electron chi connectivity index (χ0n) is 10.3. The number of carbonyl (C=O) groups excluding carboxylic acids is 1. The number of aromatic amines is 1. The molecule has 0 bridgehead atoms. The molecule has 1 aromatic heterocycles. The summed E-state index contributed by atoms with van der Waals surface area (Å²) in [5.41, 5.74) is 0.538. The molecule has 100 valence electrons. The van der Waals surface area contributed by atoms with Crippen molar-refractivity contribution >= 4 is 16.9 Å². The van der Waals surface area contributed by atoms with Crippen molar-refractivity contribution < 1.29 is 15.0 Å². The summed E-state index contributed by atoms with van der Waals surface area (Å²) >= 11 is 1.08. The first kappa shape index (κ1) is 14.9. The fraction of sp³-hybridized carbons (Fsp3) is 0.500. The zero-order chi connectivity index (χ0) is 13.7. The molecule has 3 N–H and O–H groups in total. The van der Waals surface area contributed by atoms with Crippen LogP contribution in [0.1, 0.15) is 30.6 Å². The molecule has 0 spiro atoms. The average molecular weight is 271 g/mol. The molecule has 0 radical (unpaired) electrons. The van der Waals surface area contributed by atoms with Gasteiger partial charge in [-0.15, -0.1) is 0 Å². The van der Waals surface area contributed by atoms with Crippen molar-refractivity contribution in [2.75, 3.05) is 5.75 Å². The predicted molar refractivity (Wildman–Crippen MR) is 70.5 cm³/mol. The Morgan fingerprint density at radius 2 is 2.17 bits per heavy atom. The van der Waals surface area contributed by atoms with Gasteiger partial charge in [0.2, 0.25) is 0 Å². The summed E-state index contributed by atoms with van der Waals surface area (Å²) in [5, 5.41) is 19.6. The first-order chi connectivity index (χ1) is 8.41. The van der Waals surface area contributed by atoms with Crippen LogP contribution in [0.4, 0.5) is 0 Å².